The minimum absolute atomic E-state index is 0.466. The molecule has 0 radical (unpaired) electrons. The number of aromatic nitrogens is 1. The number of para-hydroxylation sites is 3. The van der Waals surface area contributed by atoms with Crippen LogP contribution in [0.1, 0.15) is 22.3 Å². The molecule has 13 aromatic rings. The highest BCUT2D eigenvalue weighted by Gasteiger charge is 2.51. The first-order chi connectivity index (χ1) is 31.3. The first-order valence-electron chi connectivity index (χ1n) is 21.9. The van der Waals surface area contributed by atoms with Crippen LogP contribution in [-0.2, 0) is 5.41 Å². The molecule has 2 aliphatic carbocycles. The minimum Gasteiger partial charge on any atom is -0.455 e. The van der Waals surface area contributed by atoms with Crippen LogP contribution in [0, 0.1) is 0 Å². The van der Waals surface area contributed by atoms with E-state index < -0.39 is 5.41 Å². The molecule has 0 saturated carbocycles. The van der Waals surface area contributed by atoms with Gasteiger partial charge in [-0.2, -0.15) is 0 Å². The summed E-state index contributed by atoms with van der Waals surface area (Å²) < 4.78 is 9.28. The van der Waals surface area contributed by atoms with Crippen LogP contribution < -0.4 is 0 Å². The van der Waals surface area contributed by atoms with Crippen molar-refractivity contribution in [1.29, 1.82) is 0 Å². The van der Waals surface area contributed by atoms with Crippen molar-refractivity contribution >= 4 is 76.1 Å². The third kappa shape index (κ3) is 4.18. The lowest BCUT2D eigenvalue weighted by atomic mass is 9.70. The highest BCUT2D eigenvalue weighted by Crippen LogP contribution is 2.64. The first kappa shape index (κ1) is 33.5. The van der Waals surface area contributed by atoms with E-state index in [1.54, 1.807) is 0 Å². The second-order valence-corrected chi connectivity index (χ2v) is 17.5. The fraction of sp³-hybridized carbons (Fsp3) is 0.0164. The van der Waals surface area contributed by atoms with Gasteiger partial charge in [0.25, 0.3) is 0 Å². The Kier molecular flexibility index (Phi) is 6.38. The molecular weight excluding hydrogens is 763 g/mol. The van der Waals surface area contributed by atoms with Crippen LogP contribution in [0.4, 0.5) is 0 Å². The summed E-state index contributed by atoms with van der Waals surface area (Å²) in [5.41, 5.74) is 17.6. The Hall–Kier alpha value is -8.20. The SMILES string of the molecule is c1ccc2c(c1)-c1ccccc1C21c2ccc(-c3cccc4c3oc3ccc(-n5c6ccccc6c6ccccc65)cc34)cc2-c2cc3c4ccccc4c4ccccc4c3cc21. The zero-order valence-corrected chi connectivity index (χ0v) is 34.1. The number of fused-ring (bicyclic) bond motifs is 22. The normalized spacial score (nSPS) is 13.5. The molecule has 0 fully saturated rings. The smallest absolute Gasteiger partial charge is 0.143 e. The van der Waals surface area contributed by atoms with Crippen LogP contribution in [-0.4, -0.2) is 4.57 Å². The molecule has 0 aliphatic heterocycles. The molecule has 2 aliphatic rings. The van der Waals surface area contributed by atoms with Crippen LogP contribution in [0.15, 0.2) is 217 Å². The van der Waals surface area contributed by atoms with Crippen molar-refractivity contribution in [3.05, 3.63) is 235 Å². The van der Waals surface area contributed by atoms with Gasteiger partial charge in [0.15, 0.2) is 0 Å². The van der Waals surface area contributed by atoms with Gasteiger partial charge in [-0.15, -0.1) is 0 Å². The Morgan fingerprint density at radius 2 is 0.810 bits per heavy atom. The lowest BCUT2D eigenvalue weighted by Gasteiger charge is -2.31. The van der Waals surface area contributed by atoms with Gasteiger partial charge in [0.05, 0.1) is 16.4 Å². The predicted molar refractivity (Wildman–Crippen MR) is 262 cm³/mol. The van der Waals surface area contributed by atoms with Gasteiger partial charge in [-0.1, -0.05) is 164 Å². The molecule has 0 unspecified atom stereocenters. The van der Waals surface area contributed by atoms with Crippen LogP contribution in [0.2, 0.25) is 0 Å². The molecule has 0 atom stereocenters. The third-order valence-electron chi connectivity index (χ3n) is 14.6. The number of nitrogens with zero attached hydrogens (tertiary/aromatic N) is 1. The fourth-order valence-electron chi connectivity index (χ4n) is 12.1. The van der Waals surface area contributed by atoms with E-state index in [2.05, 4.69) is 217 Å². The molecule has 2 nitrogen and oxygen atoms in total. The summed E-state index contributed by atoms with van der Waals surface area (Å²) in [7, 11) is 0. The van der Waals surface area contributed by atoms with Crippen LogP contribution >= 0.6 is 0 Å². The Balaban J connectivity index is 0.993. The molecule has 0 bridgehead atoms. The van der Waals surface area contributed by atoms with Crippen LogP contribution in [0.3, 0.4) is 0 Å². The summed E-state index contributed by atoms with van der Waals surface area (Å²) >= 11 is 0. The molecule has 0 N–H and O–H groups in total. The monoisotopic (exact) mass is 797 g/mol. The van der Waals surface area contributed by atoms with Gasteiger partial charge in [0.2, 0.25) is 0 Å². The molecule has 0 amide bonds. The zero-order valence-electron chi connectivity index (χ0n) is 34.1. The molecule has 15 rings (SSSR count). The number of benzene rings is 11. The molecule has 290 valence electrons. The van der Waals surface area contributed by atoms with E-state index in [9.17, 15) is 0 Å². The maximum atomic E-state index is 6.90. The summed E-state index contributed by atoms with van der Waals surface area (Å²) in [6, 6.07) is 79.0. The molecule has 1 spiro atoms. The maximum Gasteiger partial charge on any atom is 0.143 e. The van der Waals surface area contributed by atoms with E-state index in [0.29, 0.717) is 0 Å². The Bertz CT molecular complexity index is 4060. The van der Waals surface area contributed by atoms with E-state index in [1.165, 1.54) is 98.6 Å². The van der Waals surface area contributed by atoms with Crippen molar-refractivity contribution < 1.29 is 4.42 Å². The highest BCUT2D eigenvalue weighted by molar-refractivity contribution is 6.26. The van der Waals surface area contributed by atoms with Gasteiger partial charge < -0.3 is 8.98 Å². The number of hydrogen-bond donors (Lipinski definition) is 0. The lowest BCUT2D eigenvalue weighted by Crippen LogP contribution is -2.25. The van der Waals surface area contributed by atoms with Crippen molar-refractivity contribution in [2.45, 2.75) is 5.41 Å². The highest BCUT2D eigenvalue weighted by atomic mass is 16.3. The first-order valence-corrected chi connectivity index (χ1v) is 21.9. The molecule has 2 heterocycles. The quantitative estimate of drug-likeness (QED) is 0.159. The van der Waals surface area contributed by atoms with Gasteiger partial charge in [0, 0.05) is 32.8 Å². The van der Waals surface area contributed by atoms with Crippen LogP contribution in [0.25, 0.3) is 115 Å². The summed E-state index contributed by atoms with van der Waals surface area (Å²) in [5, 5.41) is 12.5. The van der Waals surface area contributed by atoms with Gasteiger partial charge in [-0.3, -0.25) is 0 Å². The van der Waals surface area contributed by atoms with Crippen molar-refractivity contribution in [3.63, 3.8) is 0 Å². The van der Waals surface area contributed by atoms with Crippen molar-refractivity contribution in [2.75, 3.05) is 0 Å². The van der Waals surface area contributed by atoms with E-state index in [-0.39, 0.29) is 0 Å². The van der Waals surface area contributed by atoms with E-state index in [1.807, 2.05) is 0 Å². The summed E-state index contributed by atoms with van der Waals surface area (Å²) in [6.45, 7) is 0. The second-order valence-electron chi connectivity index (χ2n) is 17.5. The van der Waals surface area contributed by atoms with Crippen molar-refractivity contribution in [1.82, 2.24) is 4.57 Å². The summed E-state index contributed by atoms with van der Waals surface area (Å²) in [4.78, 5) is 0. The average molecular weight is 798 g/mol. The van der Waals surface area contributed by atoms with Gasteiger partial charge >= 0.3 is 0 Å². The molecule has 63 heavy (non-hydrogen) atoms. The lowest BCUT2D eigenvalue weighted by molar-refractivity contribution is 0.670. The van der Waals surface area contributed by atoms with E-state index in [4.69, 9.17) is 4.42 Å². The topological polar surface area (TPSA) is 18.1 Å². The minimum atomic E-state index is -0.466. The summed E-state index contributed by atoms with van der Waals surface area (Å²) in [5.74, 6) is 0. The number of hydrogen-bond acceptors (Lipinski definition) is 1. The van der Waals surface area contributed by atoms with Crippen LogP contribution in [0.5, 0.6) is 0 Å². The summed E-state index contributed by atoms with van der Waals surface area (Å²) in [6.07, 6.45) is 0. The standard InChI is InChI=1S/C61H35NO/c1-3-16-41-39(14-1)40-15-2-4-17-42(40)49-35-56-51(34-48(41)49)50-32-36(28-30-55(50)61(56)53-24-9-5-18-43(53)44-19-6-10-25-54(44)61)38-22-13-23-47-52-33-37(29-31-59(52)63-60(38)47)62-57-26-11-7-20-45(57)46-21-8-12-27-58(46)62/h1-35H. The van der Waals surface area contributed by atoms with Crippen molar-refractivity contribution in [2.24, 2.45) is 0 Å². The largest absolute Gasteiger partial charge is 0.455 e. The van der Waals surface area contributed by atoms with Gasteiger partial charge in [-0.05, 0) is 131 Å². The molecule has 11 aromatic carbocycles. The molecule has 0 saturated heterocycles. The molecule has 2 aromatic heterocycles. The van der Waals surface area contributed by atoms with Gasteiger partial charge in [-0.25, -0.2) is 0 Å². The number of rotatable bonds is 2. The Morgan fingerprint density at radius 3 is 1.48 bits per heavy atom. The maximum absolute atomic E-state index is 6.90. The van der Waals surface area contributed by atoms with E-state index >= 15 is 0 Å². The van der Waals surface area contributed by atoms with E-state index in [0.717, 1.165) is 38.8 Å². The predicted octanol–water partition coefficient (Wildman–Crippen LogP) is 16.2. The zero-order chi connectivity index (χ0) is 41.0. The average Bonchev–Trinajstić information content (AvgIpc) is 4.07. The molecular formula is C61H35NO. The van der Waals surface area contributed by atoms with Gasteiger partial charge in [0.1, 0.15) is 11.2 Å². The molecule has 2 heteroatoms. The Labute approximate surface area is 362 Å². The number of furan rings is 1. The van der Waals surface area contributed by atoms with Crippen molar-refractivity contribution in [3.8, 4) is 39.1 Å². The Morgan fingerprint density at radius 1 is 0.302 bits per heavy atom. The fourth-order valence-corrected chi connectivity index (χ4v) is 12.1. The second kappa shape index (κ2) is 12.0. The third-order valence-corrected chi connectivity index (χ3v) is 14.6.